The third kappa shape index (κ3) is 4.30. The molecule has 1 amide bonds. The van der Waals surface area contributed by atoms with E-state index >= 15 is 0 Å². The van der Waals surface area contributed by atoms with Gasteiger partial charge in [0.15, 0.2) is 0 Å². The van der Waals surface area contributed by atoms with Crippen LogP contribution in [0.4, 0.5) is 4.79 Å². The lowest BCUT2D eigenvalue weighted by Crippen LogP contribution is -2.47. The Balaban J connectivity index is 1.60. The Kier molecular flexibility index (Phi) is 5.23. The van der Waals surface area contributed by atoms with Gasteiger partial charge >= 0.3 is 6.09 Å². The third-order valence-corrected chi connectivity index (χ3v) is 4.51. The highest BCUT2D eigenvalue weighted by molar-refractivity contribution is 5.65. The van der Waals surface area contributed by atoms with Gasteiger partial charge in [-0.2, -0.15) is 5.10 Å². The summed E-state index contributed by atoms with van der Waals surface area (Å²) in [5.74, 6) is 0.749. The summed E-state index contributed by atoms with van der Waals surface area (Å²) in [5.41, 5.74) is 3.06. The summed E-state index contributed by atoms with van der Waals surface area (Å²) in [5, 5.41) is 15.9. The summed E-state index contributed by atoms with van der Waals surface area (Å²) in [6, 6.07) is 9.66. The third-order valence-electron chi connectivity index (χ3n) is 4.51. The van der Waals surface area contributed by atoms with Gasteiger partial charge in [-0.1, -0.05) is 0 Å². The molecule has 7 nitrogen and oxygen atoms in total. The number of nitrogens with zero attached hydrogens (tertiary/aromatic N) is 2. The van der Waals surface area contributed by atoms with Crippen LogP contribution in [0.2, 0.25) is 0 Å². The predicted octanol–water partition coefficient (Wildman–Crippen LogP) is 2.45. The molecular formula is C18H23N3O4. The molecule has 1 aromatic heterocycles. The number of nitrogens with one attached hydrogen (secondary N) is 1. The minimum atomic E-state index is -1.01. The van der Waals surface area contributed by atoms with E-state index in [4.69, 9.17) is 14.6 Å². The molecule has 0 radical (unpaired) electrons. The second-order valence-electron chi connectivity index (χ2n) is 6.31. The summed E-state index contributed by atoms with van der Waals surface area (Å²) >= 11 is 0. The Labute approximate surface area is 146 Å². The quantitative estimate of drug-likeness (QED) is 0.869. The van der Waals surface area contributed by atoms with Crippen molar-refractivity contribution in [2.45, 2.75) is 19.4 Å². The van der Waals surface area contributed by atoms with Crippen LogP contribution < -0.4 is 10.1 Å². The lowest BCUT2D eigenvalue weighted by molar-refractivity contribution is 0.0140. The van der Waals surface area contributed by atoms with E-state index in [0.717, 1.165) is 22.7 Å². The molecule has 0 bridgehead atoms. The van der Waals surface area contributed by atoms with Gasteiger partial charge in [-0.3, -0.25) is 4.68 Å². The molecule has 1 saturated heterocycles. The van der Waals surface area contributed by atoms with Crippen molar-refractivity contribution in [1.82, 2.24) is 15.1 Å². The number of aromatic nitrogens is 2. The molecular weight excluding hydrogens is 322 g/mol. The summed E-state index contributed by atoms with van der Waals surface area (Å²) in [4.78, 5) is 10.9. The number of amides is 1. The van der Waals surface area contributed by atoms with Gasteiger partial charge < -0.3 is 19.9 Å². The number of carbonyl (C=O) groups is 1. The number of hydrogen-bond donors (Lipinski definition) is 2. The van der Waals surface area contributed by atoms with Gasteiger partial charge in [0.2, 0.25) is 0 Å². The van der Waals surface area contributed by atoms with Crippen molar-refractivity contribution in [1.29, 1.82) is 0 Å². The predicted molar refractivity (Wildman–Crippen MR) is 92.8 cm³/mol. The fourth-order valence-electron chi connectivity index (χ4n) is 2.94. The fraction of sp³-hybridized carbons (Fsp3) is 0.444. The summed E-state index contributed by atoms with van der Waals surface area (Å²) in [6.45, 7) is 3.49. The number of benzene rings is 1. The average molecular weight is 345 g/mol. The molecule has 3 rings (SSSR count). The van der Waals surface area contributed by atoms with Crippen LogP contribution in [-0.2, 0) is 11.8 Å². The second kappa shape index (κ2) is 7.57. The summed E-state index contributed by atoms with van der Waals surface area (Å²) in [7, 11) is 1.92. The van der Waals surface area contributed by atoms with E-state index in [1.807, 2.05) is 49.0 Å². The largest absolute Gasteiger partial charge is 0.493 e. The second-order valence-corrected chi connectivity index (χ2v) is 6.31. The van der Waals surface area contributed by atoms with Crippen LogP contribution in [-0.4, -0.2) is 46.8 Å². The highest BCUT2D eigenvalue weighted by atomic mass is 16.5. The van der Waals surface area contributed by atoms with Crippen LogP contribution in [0.25, 0.3) is 11.3 Å². The molecule has 2 unspecified atom stereocenters. The van der Waals surface area contributed by atoms with E-state index in [1.54, 1.807) is 0 Å². The van der Waals surface area contributed by atoms with Crippen molar-refractivity contribution in [3.05, 3.63) is 36.0 Å². The Bertz CT molecular complexity index is 707. The normalized spacial score (nSPS) is 20.2. The van der Waals surface area contributed by atoms with Crippen molar-refractivity contribution in [2.75, 3.05) is 19.8 Å². The van der Waals surface area contributed by atoms with Gasteiger partial charge in [-0.25, -0.2) is 4.79 Å². The lowest BCUT2D eigenvalue weighted by atomic mass is 9.97. The molecule has 2 aromatic rings. The molecule has 25 heavy (non-hydrogen) atoms. The van der Waals surface area contributed by atoms with Crippen LogP contribution in [0.3, 0.4) is 0 Å². The van der Waals surface area contributed by atoms with E-state index in [2.05, 4.69) is 10.4 Å². The molecule has 134 valence electrons. The first-order valence-corrected chi connectivity index (χ1v) is 8.34. The smallest absolute Gasteiger partial charge is 0.404 e. The summed E-state index contributed by atoms with van der Waals surface area (Å²) in [6.07, 6.45) is -0.343. The number of rotatable bonds is 5. The van der Waals surface area contributed by atoms with E-state index in [-0.39, 0.29) is 12.0 Å². The van der Waals surface area contributed by atoms with Crippen molar-refractivity contribution < 1.29 is 19.4 Å². The molecule has 7 heteroatoms. The van der Waals surface area contributed by atoms with Gasteiger partial charge in [-0.05, 0) is 43.7 Å². The minimum absolute atomic E-state index is 0.00275. The van der Waals surface area contributed by atoms with Gasteiger partial charge in [0, 0.05) is 36.9 Å². The van der Waals surface area contributed by atoms with Gasteiger partial charge in [0.05, 0.1) is 18.9 Å². The monoisotopic (exact) mass is 345 g/mol. The average Bonchev–Trinajstić information content (AvgIpc) is 2.93. The van der Waals surface area contributed by atoms with Crippen LogP contribution in [0, 0.1) is 12.8 Å². The van der Waals surface area contributed by atoms with E-state index < -0.39 is 6.09 Å². The molecule has 1 fully saturated rings. The van der Waals surface area contributed by atoms with Crippen molar-refractivity contribution >= 4 is 6.09 Å². The number of carboxylic acid groups (broad SMARTS) is 1. The van der Waals surface area contributed by atoms with Gasteiger partial charge in [0.25, 0.3) is 0 Å². The number of aryl methyl sites for hydroxylation is 2. The highest BCUT2D eigenvalue weighted by Gasteiger charge is 2.27. The molecule has 1 aliphatic rings. The van der Waals surface area contributed by atoms with Gasteiger partial charge in [0.1, 0.15) is 5.75 Å². The SMILES string of the molecule is Cc1cc(-c2ccc(OCC3COCCC3NC(=O)O)cc2)nn1C. The Hall–Kier alpha value is -2.54. The van der Waals surface area contributed by atoms with Crippen LogP contribution in [0.15, 0.2) is 30.3 Å². The molecule has 1 aliphatic heterocycles. The zero-order valence-corrected chi connectivity index (χ0v) is 14.4. The minimum Gasteiger partial charge on any atom is -0.493 e. The number of ether oxygens (including phenoxy) is 2. The van der Waals surface area contributed by atoms with Crippen LogP contribution in [0.1, 0.15) is 12.1 Å². The van der Waals surface area contributed by atoms with Crippen molar-refractivity contribution in [2.24, 2.45) is 13.0 Å². The first kappa shape index (κ1) is 17.3. The maximum Gasteiger partial charge on any atom is 0.404 e. The molecule has 0 aliphatic carbocycles. The molecule has 2 atom stereocenters. The molecule has 0 saturated carbocycles. The molecule has 1 aromatic carbocycles. The van der Waals surface area contributed by atoms with Crippen molar-refractivity contribution in [3.63, 3.8) is 0 Å². The first-order valence-electron chi connectivity index (χ1n) is 8.34. The number of hydrogen-bond acceptors (Lipinski definition) is 4. The molecule has 2 heterocycles. The fourth-order valence-corrected chi connectivity index (χ4v) is 2.94. The Morgan fingerprint density at radius 3 is 2.84 bits per heavy atom. The molecule has 0 spiro atoms. The maximum atomic E-state index is 10.9. The zero-order chi connectivity index (χ0) is 17.8. The van der Waals surface area contributed by atoms with Crippen LogP contribution in [0.5, 0.6) is 5.75 Å². The van der Waals surface area contributed by atoms with Crippen LogP contribution >= 0.6 is 0 Å². The van der Waals surface area contributed by atoms with Gasteiger partial charge in [-0.15, -0.1) is 0 Å². The highest BCUT2D eigenvalue weighted by Crippen LogP contribution is 2.23. The van der Waals surface area contributed by atoms with E-state index in [0.29, 0.717) is 26.2 Å². The van der Waals surface area contributed by atoms with E-state index in [9.17, 15) is 4.79 Å². The lowest BCUT2D eigenvalue weighted by Gasteiger charge is -2.31. The first-order chi connectivity index (χ1) is 12.0. The topological polar surface area (TPSA) is 85.6 Å². The Morgan fingerprint density at radius 1 is 1.44 bits per heavy atom. The summed E-state index contributed by atoms with van der Waals surface area (Å²) < 4.78 is 13.1. The molecule has 2 N–H and O–H groups in total. The zero-order valence-electron chi connectivity index (χ0n) is 14.4. The van der Waals surface area contributed by atoms with E-state index in [1.165, 1.54) is 0 Å². The van der Waals surface area contributed by atoms with Crippen molar-refractivity contribution in [3.8, 4) is 17.0 Å². The standard InChI is InChI=1S/C18H23N3O4/c1-12-9-17(20-21(12)2)13-3-5-15(6-4-13)25-11-14-10-24-8-7-16(14)19-18(22)23/h3-6,9,14,16,19H,7-8,10-11H2,1-2H3,(H,22,23). The Morgan fingerprint density at radius 2 is 2.20 bits per heavy atom. The maximum absolute atomic E-state index is 10.9.